The Morgan fingerprint density at radius 2 is 1.79 bits per heavy atom. The number of piperidine rings is 1. The molecule has 1 saturated heterocycles. The van der Waals surface area contributed by atoms with Crippen LogP contribution in [0.5, 0.6) is 0 Å². The van der Waals surface area contributed by atoms with E-state index in [0.717, 1.165) is 25.1 Å². The number of hydrogen-bond donors (Lipinski definition) is 0. The van der Waals surface area contributed by atoms with Gasteiger partial charge in [-0.3, -0.25) is 4.79 Å². The van der Waals surface area contributed by atoms with E-state index in [-0.39, 0.29) is 17.5 Å². The average molecular weight is 389 g/mol. The molecule has 2 aromatic carbocycles. The Bertz CT molecular complexity index is 1020. The zero-order chi connectivity index (χ0) is 20.0. The van der Waals surface area contributed by atoms with E-state index >= 15 is 0 Å². The molecular weight excluding hydrogens is 365 g/mol. The highest BCUT2D eigenvalue weighted by Crippen LogP contribution is 2.40. The van der Waals surface area contributed by atoms with Gasteiger partial charge in [-0.25, -0.2) is 4.39 Å². The van der Waals surface area contributed by atoms with Gasteiger partial charge in [-0.1, -0.05) is 42.5 Å². The number of anilines is 1. The summed E-state index contributed by atoms with van der Waals surface area (Å²) in [6.07, 6.45) is 5.49. The van der Waals surface area contributed by atoms with E-state index in [4.69, 9.17) is 0 Å². The summed E-state index contributed by atoms with van der Waals surface area (Å²) in [5.41, 5.74) is 3.68. The lowest BCUT2D eigenvalue weighted by molar-refractivity contribution is -0.114. The minimum absolute atomic E-state index is 0.193. The minimum Gasteiger partial charge on any atom is -0.306 e. The lowest BCUT2D eigenvalue weighted by Crippen LogP contribution is -2.31. The molecule has 1 aliphatic carbocycles. The van der Waals surface area contributed by atoms with Gasteiger partial charge in [-0.2, -0.15) is 10.1 Å². The molecule has 1 unspecified atom stereocenters. The van der Waals surface area contributed by atoms with Crippen LogP contribution >= 0.6 is 0 Å². The van der Waals surface area contributed by atoms with E-state index in [1.807, 2.05) is 18.2 Å². The molecule has 0 radical (unpaired) electrons. The van der Waals surface area contributed by atoms with Crippen molar-refractivity contribution in [1.82, 2.24) is 4.90 Å². The lowest BCUT2D eigenvalue weighted by Gasteiger charge is -2.32. The highest BCUT2D eigenvalue weighted by atomic mass is 19.1. The van der Waals surface area contributed by atoms with Gasteiger partial charge in [0.2, 0.25) is 0 Å². The maximum atomic E-state index is 14.3. The minimum atomic E-state index is -0.444. The summed E-state index contributed by atoms with van der Waals surface area (Å²) in [6, 6.07) is 14.5. The number of carbonyl (C=O) groups is 1. The average Bonchev–Trinajstić information content (AvgIpc) is 3.07. The summed E-state index contributed by atoms with van der Waals surface area (Å²) in [5, 5.41) is 5.75. The van der Waals surface area contributed by atoms with E-state index < -0.39 is 5.82 Å². The van der Waals surface area contributed by atoms with Crippen molar-refractivity contribution in [2.24, 2.45) is 11.0 Å². The highest BCUT2D eigenvalue weighted by molar-refractivity contribution is 6.36. The molecule has 1 fully saturated rings. The molecule has 148 valence electrons. The number of para-hydroxylation sites is 1. The van der Waals surface area contributed by atoms with Gasteiger partial charge in [0.05, 0.1) is 5.57 Å². The number of nitrogens with zero attached hydrogens (tertiary/aromatic N) is 3. The summed E-state index contributed by atoms with van der Waals surface area (Å²) in [5.74, 6) is 0.158. The quantitative estimate of drug-likeness (QED) is 0.783. The molecule has 0 N–H and O–H groups in total. The number of rotatable bonds is 3. The predicted octanol–water partition coefficient (Wildman–Crippen LogP) is 4.33. The van der Waals surface area contributed by atoms with E-state index in [2.05, 4.69) is 29.2 Å². The second kappa shape index (κ2) is 7.23. The number of allylic oxidation sites excluding steroid dienone is 1. The summed E-state index contributed by atoms with van der Waals surface area (Å²) in [6.45, 7) is 2.25. The molecular formula is C24H24FN3O. The number of fused-ring (bicyclic) bond motifs is 3. The monoisotopic (exact) mass is 389 g/mol. The van der Waals surface area contributed by atoms with Gasteiger partial charge in [0.1, 0.15) is 17.2 Å². The molecule has 29 heavy (non-hydrogen) atoms. The van der Waals surface area contributed by atoms with Crippen LogP contribution in [0.15, 0.2) is 65.3 Å². The SMILES string of the molecule is CN1CCC(CC2C=C3C(=O)N(c4ccccc4F)N=C3c3ccccc32)CC1. The Morgan fingerprint density at radius 1 is 1.07 bits per heavy atom. The lowest BCUT2D eigenvalue weighted by atomic mass is 9.77. The third-order valence-corrected chi connectivity index (χ3v) is 6.37. The van der Waals surface area contributed by atoms with Crippen molar-refractivity contribution in [1.29, 1.82) is 0 Å². The van der Waals surface area contributed by atoms with Crippen LogP contribution in [0.3, 0.4) is 0 Å². The van der Waals surface area contributed by atoms with Gasteiger partial charge >= 0.3 is 0 Å². The van der Waals surface area contributed by atoms with Crippen LogP contribution in [0, 0.1) is 11.7 Å². The number of hydrogen-bond acceptors (Lipinski definition) is 3. The summed E-state index contributed by atoms with van der Waals surface area (Å²) in [4.78, 5) is 15.5. The molecule has 0 saturated carbocycles. The molecule has 2 aliphatic heterocycles. The van der Waals surface area contributed by atoms with Crippen LogP contribution < -0.4 is 5.01 Å². The Labute approximate surface area is 170 Å². The van der Waals surface area contributed by atoms with Crippen molar-refractivity contribution in [3.8, 4) is 0 Å². The first-order chi connectivity index (χ1) is 14.1. The fourth-order valence-electron chi connectivity index (χ4n) is 4.73. The van der Waals surface area contributed by atoms with Gasteiger partial charge < -0.3 is 4.90 Å². The Hall–Kier alpha value is -2.79. The highest BCUT2D eigenvalue weighted by Gasteiger charge is 2.38. The second-order valence-corrected chi connectivity index (χ2v) is 8.27. The Balaban J connectivity index is 1.51. The van der Waals surface area contributed by atoms with E-state index in [0.29, 0.717) is 17.2 Å². The van der Waals surface area contributed by atoms with Crippen molar-refractivity contribution >= 4 is 17.3 Å². The normalized spacial score (nSPS) is 22.2. The van der Waals surface area contributed by atoms with Crippen LogP contribution in [0.1, 0.15) is 36.3 Å². The van der Waals surface area contributed by atoms with E-state index in [1.54, 1.807) is 18.2 Å². The maximum Gasteiger partial charge on any atom is 0.280 e. The van der Waals surface area contributed by atoms with Crippen molar-refractivity contribution in [2.75, 3.05) is 25.1 Å². The molecule has 2 heterocycles. The molecule has 5 heteroatoms. The van der Waals surface area contributed by atoms with Crippen LogP contribution in [-0.4, -0.2) is 36.7 Å². The number of amides is 1. The van der Waals surface area contributed by atoms with Crippen molar-refractivity contribution < 1.29 is 9.18 Å². The van der Waals surface area contributed by atoms with Crippen molar-refractivity contribution in [3.05, 3.63) is 77.1 Å². The molecule has 0 bridgehead atoms. The molecule has 0 aromatic heterocycles. The third kappa shape index (κ3) is 3.19. The van der Waals surface area contributed by atoms with E-state index in [1.165, 1.54) is 29.5 Å². The number of benzene rings is 2. The topological polar surface area (TPSA) is 35.9 Å². The molecule has 0 spiro atoms. The van der Waals surface area contributed by atoms with Gasteiger partial charge in [0.25, 0.3) is 5.91 Å². The molecule has 2 aromatic rings. The third-order valence-electron chi connectivity index (χ3n) is 6.37. The van der Waals surface area contributed by atoms with Gasteiger partial charge in [0, 0.05) is 11.5 Å². The second-order valence-electron chi connectivity index (χ2n) is 8.27. The largest absolute Gasteiger partial charge is 0.306 e. The van der Waals surface area contributed by atoms with Crippen molar-refractivity contribution in [3.63, 3.8) is 0 Å². The summed E-state index contributed by atoms with van der Waals surface area (Å²) < 4.78 is 14.3. The van der Waals surface area contributed by atoms with Crippen LogP contribution in [0.4, 0.5) is 10.1 Å². The van der Waals surface area contributed by atoms with Gasteiger partial charge in [0.15, 0.2) is 0 Å². The molecule has 5 rings (SSSR count). The first kappa shape index (κ1) is 18.3. The molecule has 3 aliphatic rings. The molecule has 4 nitrogen and oxygen atoms in total. The number of halogens is 1. The summed E-state index contributed by atoms with van der Waals surface area (Å²) in [7, 11) is 2.17. The summed E-state index contributed by atoms with van der Waals surface area (Å²) >= 11 is 0. The number of likely N-dealkylation sites (tertiary alicyclic amines) is 1. The fraction of sp³-hybridized carbons (Fsp3) is 0.333. The Morgan fingerprint density at radius 3 is 2.59 bits per heavy atom. The van der Waals surface area contributed by atoms with Crippen LogP contribution in [-0.2, 0) is 4.79 Å². The van der Waals surface area contributed by atoms with Gasteiger partial charge in [-0.15, -0.1) is 0 Å². The predicted molar refractivity (Wildman–Crippen MR) is 113 cm³/mol. The molecule has 1 atom stereocenters. The van der Waals surface area contributed by atoms with Crippen molar-refractivity contribution in [2.45, 2.75) is 25.2 Å². The Kier molecular flexibility index (Phi) is 4.55. The van der Waals surface area contributed by atoms with Crippen LogP contribution in [0.25, 0.3) is 0 Å². The molecule has 1 amide bonds. The zero-order valence-corrected chi connectivity index (χ0v) is 16.5. The fourth-order valence-corrected chi connectivity index (χ4v) is 4.73. The smallest absolute Gasteiger partial charge is 0.280 e. The standard InChI is InChI=1S/C24H24FN3O/c1-27-12-10-16(11-13-27)14-17-15-20-23(19-7-3-2-6-18(17)19)26-28(24(20)29)22-9-5-4-8-21(22)25/h2-9,15-17H,10-14H2,1H3. The first-order valence-electron chi connectivity index (χ1n) is 10.3. The number of hydrazone groups is 1. The van der Waals surface area contributed by atoms with Crippen LogP contribution in [0.2, 0.25) is 0 Å². The maximum absolute atomic E-state index is 14.3. The number of carbonyl (C=O) groups excluding carboxylic acids is 1. The van der Waals surface area contributed by atoms with E-state index in [9.17, 15) is 9.18 Å². The zero-order valence-electron chi connectivity index (χ0n) is 16.5. The van der Waals surface area contributed by atoms with Gasteiger partial charge in [-0.05, 0) is 63.0 Å². The first-order valence-corrected chi connectivity index (χ1v) is 10.3.